The van der Waals surface area contributed by atoms with Gasteiger partial charge in [-0.15, -0.1) is 0 Å². The van der Waals surface area contributed by atoms with Gasteiger partial charge in [-0.3, -0.25) is 4.98 Å². The summed E-state index contributed by atoms with van der Waals surface area (Å²) in [5.41, 5.74) is 1.77. The first kappa shape index (κ1) is 11.9. The number of amides is 2. The summed E-state index contributed by atoms with van der Waals surface area (Å²) in [7, 11) is 0. The zero-order valence-electron chi connectivity index (χ0n) is 9.99. The largest absolute Gasteiger partial charge is 0.334 e. The third-order valence-electron chi connectivity index (χ3n) is 2.90. The highest BCUT2D eigenvalue weighted by molar-refractivity contribution is 5.90. The Bertz CT molecular complexity index is 388. The Morgan fingerprint density at radius 2 is 2.47 bits per heavy atom. The Hall–Kier alpha value is -1.62. The normalized spacial score (nSPS) is 19.7. The van der Waals surface area contributed by atoms with E-state index in [-0.39, 0.29) is 12.1 Å². The molecule has 1 saturated heterocycles. The Morgan fingerprint density at radius 1 is 1.59 bits per heavy atom. The molecule has 1 fully saturated rings. The number of rotatable bonds is 2. The number of urea groups is 1. The Kier molecular flexibility index (Phi) is 3.93. The van der Waals surface area contributed by atoms with Gasteiger partial charge in [-0.05, 0) is 37.9 Å². The highest BCUT2D eigenvalue weighted by Gasteiger charge is 2.15. The molecule has 1 aromatic rings. The quantitative estimate of drug-likeness (QED) is 0.722. The first-order valence-electron chi connectivity index (χ1n) is 5.94. The highest BCUT2D eigenvalue weighted by atomic mass is 16.2. The van der Waals surface area contributed by atoms with Gasteiger partial charge < -0.3 is 16.0 Å². The van der Waals surface area contributed by atoms with Crippen LogP contribution in [0.4, 0.5) is 10.5 Å². The van der Waals surface area contributed by atoms with Crippen molar-refractivity contribution in [2.24, 2.45) is 0 Å². The number of anilines is 1. The summed E-state index contributed by atoms with van der Waals surface area (Å²) in [4.78, 5) is 15.7. The van der Waals surface area contributed by atoms with Gasteiger partial charge in [0.05, 0.1) is 0 Å². The van der Waals surface area contributed by atoms with Gasteiger partial charge in [0.15, 0.2) is 0 Å². The standard InChI is InChI=1S/C12H18N4O/c1-9-7-14-6-4-11(9)16-12(17)15-10-3-2-5-13-8-10/h4,6-7,10,13H,2-3,5,8H2,1H3,(H2,14,15,16,17)/t10-/m0/s1. The summed E-state index contributed by atoms with van der Waals surface area (Å²) in [5, 5.41) is 9.06. The van der Waals surface area contributed by atoms with Crippen LogP contribution in [-0.2, 0) is 0 Å². The van der Waals surface area contributed by atoms with E-state index in [0.29, 0.717) is 0 Å². The molecule has 1 aromatic heterocycles. The van der Waals surface area contributed by atoms with Gasteiger partial charge in [0.2, 0.25) is 0 Å². The minimum atomic E-state index is -0.145. The smallest absolute Gasteiger partial charge is 0.319 e. The molecule has 0 unspecified atom stereocenters. The summed E-state index contributed by atoms with van der Waals surface area (Å²) in [6, 6.07) is 1.88. The van der Waals surface area contributed by atoms with Gasteiger partial charge in [0.25, 0.3) is 0 Å². The number of nitrogens with one attached hydrogen (secondary N) is 3. The lowest BCUT2D eigenvalue weighted by molar-refractivity contribution is 0.245. The van der Waals surface area contributed by atoms with E-state index in [1.807, 2.05) is 6.92 Å². The van der Waals surface area contributed by atoms with Crippen molar-refractivity contribution >= 4 is 11.7 Å². The van der Waals surface area contributed by atoms with E-state index in [1.54, 1.807) is 18.5 Å². The molecule has 0 bridgehead atoms. The second kappa shape index (κ2) is 5.63. The fraction of sp³-hybridized carbons (Fsp3) is 0.500. The van der Waals surface area contributed by atoms with Crippen LogP contribution in [0.2, 0.25) is 0 Å². The van der Waals surface area contributed by atoms with Gasteiger partial charge in [-0.1, -0.05) is 0 Å². The van der Waals surface area contributed by atoms with Crippen molar-refractivity contribution in [3.63, 3.8) is 0 Å². The number of aryl methyl sites for hydroxylation is 1. The van der Waals surface area contributed by atoms with Crippen molar-refractivity contribution < 1.29 is 4.79 Å². The van der Waals surface area contributed by atoms with Crippen molar-refractivity contribution in [3.05, 3.63) is 24.0 Å². The second-order valence-electron chi connectivity index (χ2n) is 4.33. The van der Waals surface area contributed by atoms with Gasteiger partial charge >= 0.3 is 6.03 Å². The molecule has 92 valence electrons. The summed E-state index contributed by atoms with van der Waals surface area (Å²) in [5.74, 6) is 0. The van der Waals surface area contributed by atoms with Crippen LogP contribution in [0.25, 0.3) is 0 Å². The van der Waals surface area contributed by atoms with Crippen LogP contribution >= 0.6 is 0 Å². The lowest BCUT2D eigenvalue weighted by atomic mass is 10.1. The SMILES string of the molecule is Cc1cnccc1NC(=O)N[C@H]1CCCNC1. The first-order chi connectivity index (χ1) is 8.25. The Labute approximate surface area is 101 Å². The predicted molar refractivity (Wildman–Crippen MR) is 67.0 cm³/mol. The molecule has 1 atom stereocenters. The van der Waals surface area contributed by atoms with Crippen LogP contribution in [0, 0.1) is 6.92 Å². The number of hydrogen-bond donors (Lipinski definition) is 3. The number of carbonyl (C=O) groups is 1. The molecule has 0 saturated carbocycles. The monoisotopic (exact) mass is 234 g/mol. The zero-order valence-corrected chi connectivity index (χ0v) is 9.99. The van der Waals surface area contributed by atoms with E-state index >= 15 is 0 Å². The third-order valence-corrected chi connectivity index (χ3v) is 2.90. The van der Waals surface area contributed by atoms with Crippen LogP contribution in [-0.4, -0.2) is 30.1 Å². The van der Waals surface area contributed by atoms with Crippen molar-refractivity contribution in [1.29, 1.82) is 0 Å². The molecule has 2 heterocycles. The summed E-state index contributed by atoms with van der Waals surface area (Å²) in [6.45, 7) is 3.82. The van der Waals surface area contributed by atoms with Gasteiger partial charge in [0.1, 0.15) is 0 Å². The minimum absolute atomic E-state index is 0.145. The molecule has 3 N–H and O–H groups in total. The van der Waals surface area contributed by atoms with E-state index < -0.39 is 0 Å². The molecule has 17 heavy (non-hydrogen) atoms. The average Bonchev–Trinajstić information content (AvgIpc) is 2.33. The van der Waals surface area contributed by atoms with Crippen LogP contribution in [0.1, 0.15) is 18.4 Å². The number of piperidine rings is 1. The number of carbonyl (C=O) groups excluding carboxylic acids is 1. The molecule has 0 aromatic carbocycles. The van der Waals surface area contributed by atoms with E-state index in [1.165, 1.54) is 0 Å². The van der Waals surface area contributed by atoms with E-state index in [2.05, 4.69) is 20.9 Å². The van der Waals surface area contributed by atoms with Crippen molar-refractivity contribution in [1.82, 2.24) is 15.6 Å². The molecule has 0 radical (unpaired) electrons. The number of nitrogens with zero attached hydrogens (tertiary/aromatic N) is 1. The maximum Gasteiger partial charge on any atom is 0.319 e. The molecule has 5 nitrogen and oxygen atoms in total. The fourth-order valence-corrected chi connectivity index (χ4v) is 1.93. The van der Waals surface area contributed by atoms with E-state index in [0.717, 1.165) is 37.2 Å². The fourth-order valence-electron chi connectivity index (χ4n) is 1.93. The Balaban J connectivity index is 1.86. The summed E-state index contributed by atoms with van der Waals surface area (Å²) >= 11 is 0. The average molecular weight is 234 g/mol. The van der Waals surface area contributed by atoms with Crippen molar-refractivity contribution in [3.8, 4) is 0 Å². The molecular formula is C12H18N4O. The van der Waals surface area contributed by atoms with Crippen molar-refractivity contribution in [2.75, 3.05) is 18.4 Å². The maximum atomic E-state index is 11.8. The zero-order chi connectivity index (χ0) is 12.1. The summed E-state index contributed by atoms with van der Waals surface area (Å²) < 4.78 is 0. The predicted octanol–water partition coefficient (Wildman–Crippen LogP) is 1.26. The Morgan fingerprint density at radius 3 is 3.18 bits per heavy atom. The summed E-state index contributed by atoms with van der Waals surface area (Å²) in [6.07, 6.45) is 5.55. The minimum Gasteiger partial charge on any atom is -0.334 e. The molecule has 0 spiro atoms. The number of pyridine rings is 1. The number of aromatic nitrogens is 1. The van der Waals surface area contributed by atoms with E-state index in [9.17, 15) is 4.79 Å². The molecule has 1 aliphatic heterocycles. The van der Waals surface area contributed by atoms with Gasteiger partial charge in [-0.25, -0.2) is 4.79 Å². The van der Waals surface area contributed by atoms with Crippen LogP contribution in [0.3, 0.4) is 0 Å². The maximum absolute atomic E-state index is 11.8. The number of hydrogen-bond acceptors (Lipinski definition) is 3. The van der Waals surface area contributed by atoms with Crippen LogP contribution in [0.15, 0.2) is 18.5 Å². The highest BCUT2D eigenvalue weighted by Crippen LogP contribution is 2.11. The molecular weight excluding hydrogens is 216 g/mol. The van der Waals surface area contributed by atoms with E-state index in [4.69, 9.17) is 0 Å². The second-order valence-corrected chi connectivity index (χ2v) is 4.33. The molecule has 5 heteroatoms. The topological polar surface area (TPSA) is 66.0 Å². The van der Waals surface area contributed by atoms with Crippen molar-refractivity contribution in [2.45, 2.75) is 25.8 Å². The van der Waals surface area contributed by atoms with Crippen LogP contribution < -0.4 is 16.0 Å². The van der Waals surface area contributed by atoms with Crippen LogP contribution in [0.5, 0.6) is 0 Å². The van der Waals surface area contributed by atoms with Gasteiger partial charge in [0, 0.05) is 30.7 Å². The molecule has 2 rings (SSSR count). The van der Waals surface area contributed by atoms with Gasteiger partial charge in [-0.2, -0.15) is 0 Å². The molecule has 0 aliphatic carbocycles. The molecule has 1 aliphatic rings. The lowest BCUT2D eigenvalue weighted by Crippen LogP contribution is -2.47. The first-order valence-corrected chi connectivity index (χ1v) is 5.94. The lowest BCUT2D eigenvalue weighted by Gasteiger charge is -2.24. The third kappa shape index (κ3) is 3.42. The molecule has 2 amide bonds.